The summed E-state index contributed by atoms with van der Waals surface area (Å²) in [7, 11) is 3.45. The average Bonchev–Trinajstić information content (AvgIpc) is 3.57. The number of esters is 1. The largest absolute Gasteiger partial charge is 0.469 e. The summed E-state index contributed by atoms with van der Waals surface area (Å²) in [5.41, 5.74) is 3.72. The molecule has 1 saturated carbocycles. The van der Waals surface area contributed by atoms with E-state index in [4.69, 9.17) is 14.8 Å². The van der Waals surface area contributed by atoms with E-state index in [2.05, 4.69) is 49.0 Å². The van der Waals surface area contributed by atoms with Crippen molar-refractivity contribution in [3.05, 3.63) is 58.3 Å². The Balaban J connectivity index is 1.68. The third-order valence-electron chi connectivity index (χ3n) is 6.01. The van der Waals surface area contributed by atoms with Gasteiger partial charge in [0.15, 0.2) is 5.84 Å². The van der Waals surface area contributed by atoms with Crippen LogP contribution in [0.5, 0.6) is 0 Å². The van der Waals surface area contributed by atoms with Crippen molar-refractivity contribution in [1.82, 2.24) is 9.99 Å². The van der Waals surface area contributed by atoms with Gasteiger partial charge in [0.1, 0.15) is 12.2 Å². The molecule has 8 heteroatoms. The van der Waals surface area contributed by atoms with Crippen LogP contribution >= 0.6 is 15.9 Å². The highest BCUT2D eigenvalue weighted by Crippen LogP contribution is 2.44. The number of pyridine rings is 1. The lowest BCUT2D eigenvalue weighted by molar-refractivity contribution is -0.140. The predicted molar refractivity (Wildman–Crippen MR) is 123 cm³/mol. The quantitative estimate of drug-likeness (QED) is 0.607. The van der Waals surface area contributed by atoms with Gasteiger partial charge in [0.05, 0.1) is 24.2 Å². The molecule has 3 heterocycles. The van der Waals surface area contributed by atoms with Gasteiger partial charge in [0.25, 0.3) is 0 Å². The SMILES string of the molecule is COC(=O)CC[C@@H]1N=C(c2ccccn2)c2cc(Br)ccc2N2C1=NN(C)[C@H]2C1CC1. The molecule has 160 valence electrons. The molecule has 0 radical (unpaired) electrons. The van der Waals surface area contributed by atoms with Gasteiger partial charge in [-0.15, -0.1) is 0 Å². The molecule has 0 bridgehead atoms. The summed E-state index contributed by atoms with van der Waals surface area (Å²) < 4.78 is 5.88. The van der Waals surface area contributed by atoms with Gasteiger partial charge in [0, 0.05) is 29.7 Å². The summed E-state index contributed by atoms with van der Waals surface area (Å²) in [6.07, 6.45) is 5.14. The van der Waals surface area contributed by atoms with Crippen molar-refractivity contribution < 1.29 is 9.53 Å². The Labute approximate surface area is 189 Å². The summed E-state index contributed by atoms with van der Waals surface area (Å²) in [5.74, 6) is 1.22. The lowest BCUT2D eigenvalue weighted by Crippen LogP contribution is -2.45. The number of benzene rings is 1. The number of methoxy groups -OCH3 is 1. The number of fused-ring (bicyclic) bond motifs is 3. The van der Waals surface area contributed by atoms with Crippen molar-refractivity contribution in [3.8, 4) is 0 Å². The molecule has 2 aliphatic heterocycles. The van der Waals surface area contributed by atoms with Crippen LogP contribution in [0.3, 0.4) is 0 Å². The number of hydrazone groups is 1. The maximum Gasteiger partial charge on any atom is 0.305 e. The zero-order valence-electron chi connectivity index (χ0n) is 17.5. The van der Waals surface area contributed by atoms with Crippen molar-refractivity contribution in [2.24, 2.45) is 16.0 Å². The molecule has 0 spiro atoms. The van der Waals surface area contributed by atoms with Gasteiger partial charge in [-0.3, -0.25) is 19.8 Å². The fraction of sp³-hybridized carbons (Fsp3) is 0.391. The molecule has 7 nitrogen and oxygen atoms in total. The van der Waals surface area contributed by atoms with Crippen LogP contribution in [0.1, 0.15) is 36.9 Å². The number of hydrogen-bond donors (Lipinski definition) is 0. The van der Waals surface area contributed by atoms with Gasteiger partial charge >= 0.3 is 5.97 Å². The highest BCUT2D eigenvalue weighted by atomic mass is 79.9. The normalized spacial score (nSPS) is 22.3. The average molecular weight is 482 g/mol. The second-order valence-corrected chi connectivity index (χ2v) is 9.05. The van der Waals surface area contributed by atoms with Crippen molar-refractivity contribution in [2.45, 2.75) is 37.9 Å². The Morgan fingerprint density at radius 3 is 2.81 bits per heavy atom. The van der Waals surface area contributed by atoms with Crippen molar-refractivity contribution in [2.75, 3.05) is 19.1 Å². The number of aliphatic imine (C=N–C) groups is 1. The first-order chi connectivity index (χ1) is 15.1. The maximum absolute atomic E-state index is 11.9. The zero-order valence-corrected chi connectivity index (χ0v) is 19.1. The number of hydrogen-bond acceptors (Lipinski definition) is 7. The van der Waals surface area contributed by atoms with E-state index in [0.29, 0.717) is 12.3 Å². The lowest BCUT2D eigenvalue weighted by atomic mass is 10.0. The van der Waals surface area contributed by atoms with Gasteiger partial charge in [-0.25, -0.2) is 0 Å². The topological polar surface area (TPSA) is 70.4 Å². The van der Waals surface area contributed by atoms with Crippen LogP contribution in [-0.4, -0.2) is 53.9 Å². The van der Waals surface area contributed by atoms with Crippen LogP contribution in [-0.2, 0) is 9.53 Å². The fourth-order valence-corrected chi connectivity index (χ4v) is 4.78. The van der Waals surface area contributed by atoms with Gasteiger partial charge in [-0.1, -0.05) is 22.0 Å². The minimum atomic E-state index is -0.270. The molecule has 1 fully saturated rings. The zero-order chi connectivity index (χ0) is 21.5. The molecule has 5 rings (SSSR count). The molecule has 31 heavy (non-hydrogen) atoms. The number of aromatic nitrogens is 1. The monoisotopic (exact) mass is 481 g/mol. The molecule has 1 aliphatic carbocycles. The van der Waals surface area contributed by atoms with Crippen LogP contribution in [0.4, 0.5) is 5.69 Å². The number of halogens is 1. The second-order valence-electron chi connectivity index (χ2n) is 8.14. The van der Waals surface area contributed by atoms with E-state index >= 15 is 0 Å². The van der Waals surface area contributed by atoms with E-state index in [-0.39, 0.29) is 24.6 Å². The summed E-state index contributed by atoms with van der Waals surface area (Å²) in [4.78, 5) is 24.0. The Morgan fingerprint density at radius 2 is 2.10 bits per heavy atom. The van der Waals surface area contributed by atoms with Crippen molar-refractivity contribution >= 4 is 39.1 Å². The molecule has 2 atom stereocenters. The van der Waals surface area contributed by atoms with Crippen LogP contribution in [0.25, 0.3) is 0 Å². The van der Waals surface area contributed by atoms with Gasteiger partial charge < -0.3 is 9.64 Å². The van der Waals surface area contributed by atoms with Crippen molar-refractivity contribution in [1.29, 1.82) is 0 Å². The number of nitrogens with zero attached hydrogens (tertiary/aromatic N) is 5. The van der Waals surface area contributed by atoms with Crippen LogP contribution in [0.2, 0.25) is 0 Å². The molecule has 2 aromatic rings. The molecule has 1 aromatic heterocycles. The highest BCUT2D eigenvalue weighted by molar-refractivity contribution is 9.10. The second kappa shape index (κ2) is 8.07. The van der Waals surface area contributed by atoms with Crippen LogP contribution < -0.4 is 4.90 Å². The first kappa shape index (κ1) is 20.2. The number of carbonyl (C=O) groups is 1. The van der Waals surface area contributed by atoms with Gasteiger partial charge in [-0.2, -0.15) is 5.10 Å². The van der Waals surface area contributed by atoms with Crippen LogP contribution in [0, 0.1) is 5.92 Å². The van der Waals surface area contributed by atoms with Gasteiger partial charge in [-0.05, 0) is 55.5 Å². The van der Waals surface area contributed by atoms with E-state index in [1.165, 1.54) is 20.0 Å². The number of rotatable bonds is 5. The molecular formula is C23H24BrN5O2. The summed E-state index contributed by atoms with van der Waals surface area (Å²) in [6, 6.07) is 11.9. The molecule has 0 unspecified atom stereocenters. The van der Waals surface area contributed by atoms with E-state index < -0.39 is 0 Å². The van der Waals surface area contributed by atoms with Crippen molar-refractivity contribution in [3.63, 3.8) is 0 Å². The molecule has 0 saturated heterocycles. The molecule has 1 aromatic carbocycles. The minimum absolute atomic E-state index is 0.161. The Hall–Kier alpha value is -2.74. The molecular weight excluding hydrogens is 458 g/mol. The third-order valence-corrected chi connectivity index (χ3v) is 6.50. The number of amidine groups is 1. The number of carbonyl (C=O) groups excluding carboxylic acids is 1. The molecule has 0 N–H and O–H groups in total. The third kappa shape index (κ3) is 3.73. The van der Waals surface area contributed by atoms with E-state index in [9.17, 15) is 4.79 Å². The lowest BCUT2D eigenvalue weighted by Gasteiger charge is -2.31. The van der Waals surface area contributed by atoms with Gasteiger partial charge in [0.2, 0.25) is 0 Å². The standard InChI is InChI=1S/C23H24BrN5O2/c1-28-23(14-6-7-14)29-19-10-8-15(24)13-16(19)21(17-5-3-4-12-25-17)26-18(22(29)27-28)9-11-20(30)31-2/h3-5,8,10,12-14,18,23H,6-7,9,11H2,1-2H3/t18-,23+/m0/s1. The maximum atomic E-state index is 11.9. The summed E-state index contributed by atoms with van der Waals surface area (Å²) in [5, 5.41) is 6.99. The highest BCUT2D eigenvalue weighted by Gasteiger charge is 2.47. The summed E-state index contributed by atoms with van der Waals surface area (Å²) >= 11 is 3.64. The molecule has 0 amide bonds. The predicted octanol–water partition coefficient (Wildman–Crippen LogP) is 3.82. The Morgan fingerprint density at radius 1 is 1.26 bits per heavy atom. The number of ether oxygens (including phenoxy) is 1. The van der Waals surface area contributed by atoms with E-state index in [1.807, 2.05) is 25.2 Å². The van der Waals surface area contributed by atoms with E-state index in [0.717, 1.165) is 33.0 Å². The molecule has 3 aliphatic rings. The first-order valence-electron chi connectivity index (χ1n) is 10.5. The smallest absolute Gasteiger partial charge is 0.305 e. The minimum Gasteiger partial charge on any atom is -0.469 e. The summed E-state index contributed by atoms with van der Waals surface area (Å²) in [6.45, 7) is 0. The Kier molecular flexibility index (Phi) is 5.25. The Bertz CT molecular complexity index is 1070. The van der Waals surface area contributed by atoms with Crippen LogP contribution in [0.15, 0.2) is 57.2 Å². The fourth-order valence-electron chi connectivity index (χ4n) is 4.42. The van der Waals surface area contributed by atoms with E-state index in [1.54, 1.807) is 6.20 Å². The number of anilines is 1. The first-order valence-corrected chi connectivity index (χ1v) is 11.3.